The lowest BCUT2D eigenvalue weighted by Crippen LogP contribution is -2.14. The predicted octanol–water partition coefficient (Wildman–Crippen LogP) is 1.11. The number of hydrogen-bond donors (Lipinski definition) is 3. The molecule has 0 unspecified atom stereocenters. The molecule has 2 aromatic heterocycles. The van der Waals surface area contributed by atoms with Gasteiger partial charge < -0.3 is 10.8 Å². The number of rotatable bonds is 5. The molecule has 0 aliphatic carbocycles. The normalized spacial score (nSPS) is 11.5. The third kappa shape index (κ3) is 3.37. The molecule has 0 fully saturated rings. The average molecular weight is 335 g/mol. The average Bonchev–Trinajstić information content (AvgIpc) is 2.69. The molecule has 0 aromatic carbocycles. The number of sulfonamides is 1. The number of halogens is 1. The minimum atomic E-state index is -3.87. The Labute approximate surface area is 124 Å². The number of hydrogen-bond acceptors (Lipinski definition) is 7. The summed E-state index contributed by atoms with van der Waals surface area (Å²) in [5.41, 5.74) is 5.63. The van der Waals surface area contributed by atoms with E-state index in [4.69, 9.17) is 22.4 Å². The minimum absolute atomic E-state index is 0.0889. The summed E-state index contributed by atoms with van der Waals surface area (Å²) in [6.07, 6.45) is 1.62. The Morgan fingerprint density at radius 2 is 2.25 bits per heavy atom. The lowest BCUT2D eigenvalue weighted by Gasteiger charge is -2.03. The first-order chi connectivity index (χ1) is 9.42. The molecule has 4 N–H and O–H groups in total. The molecule has 0 aliphatic rings. The summed E-state index contributed by atoms with van der Waals surface area (Å²) in [6.45, 7) is -0.0889. The van der Waals surface area contributed by atoms with Gasteiger partial charge in [0.05, 0.1) is 4.88 Å². The number of aromatic nitrogens is 2. The fourth-order valence-corrected chi connectivity index (χ4v) is 3.69. The van der Waals surface area contributed by atoms with Crippen molar-refractivity contribution in [2.24, 2.45) is 0 Å². The topological polar surface area (TPSA) is 118 Å². The number of nitrogen functional groups attached to an aromatic ring is 1. The Morgan fingerprint density at radius 3 is 2.90 bits per heavy atom. The molecule has 0 radical (unpaired) electrons. The van der Waals surface area contributed by atoms with Crippen LogP contribution < -0.4 is 10.5 Å². The fourth-order valence-electron chi connectivity index (χ4n) is 1.39. The number of nitrogens with two attached hydrogens (primary N) is 1. The van der Waals surface area contributed by atoms with Crippen LogP contribution in [0.15, 0.2) is 23.4 Å². The zero-order valence-corrected chi connectivity index (χ0v) is 12.5. The summed E-state index contributed by atoms with van der Waals surface area (Å²) >= 11 is 6.79. The first-order valence-corrected chi connectivity index (χ1v) is 8.10. The highest BCUT2D eigenvalue weighted by atomic mass is 35.5. The van der Waals surface area contributed by atoms with Crippen molar-refractivity contribution in [3.63, 3.8) is 0 Å². The van der Waals surface area contributed by atoms with Crippen LogP contribution in [0, 0.1) is 0 Å². The molecule has 20 heavy (non-hydrogen) atoms. The molecule has 7 nitrogen and oxygen atoms in total. The van der Waals surface area contributed by atoms with Crippen molar-refractivity contribution in [3.05, 3.63) is 28.2 Å². The van der Waals surface area contributed by atoms with Gasteiger partial charge in [-0.2, -0.15) is 8.42 Å². The van der Waals surface area contributed by atoms with Crippen molar-refractivity contribution in [1.82, 2.24) is 9.97 Å². The van der Waals surface area contributed by atoms with Gasteiger partial charge in [0.25, 0.3) is 10.0 Å². The molecule has 108 valence electrons. The first-order valence-electron chi connectivity index (χ1n) is 5.43. The van der Waals surface area contributed by atoms with E-state index >= 15 is 0 Å². The molecule has 2 rings (SSSR count). The highest BCUT2D eigenvalue weighted by Gasteiger charge is 2.19. The number of aliphatic hydroxyl groups is 1. The van der Waals surface area contributed by atoms with Crippen LogP contribution in [-0.4, -0.2) is 30.1 Å². The second-order valence-electron chi connectivity index (χ2n) is 3.72. The lowest BCUT2D eigenvalue weighted by molar-refractivity contribution is 0.301. The Bertz CT molecular complexity index is 717. The molecule has 10 heteroatoms. The molecule has 0 saturated carbocycles. The van der Waals surface area contributed by atoms with Gasteiger partial charge in [-0.05, 0) is 12.1 Å². The number of aliphatic hydroxyl groups excluding tert-OH is 1. The zero-order valence-electron chi connectivity index (χ0n) is 10.1. The number of anilines is 2. The summed E-state index contributed by atoms with van der Waals surface area (Å²) in [5, 5.41) is 9.03. The zero-order chi connectivity index (χ0) is 14.8. The molecule has 0 atom stereocenters. The third-order valence-corrected chi connectivity index (χ3v) is 4.91. The van der Waals surface area contributed by atoms with Crippen molar-refractivity contribution < 1.29 is 13.5 Å². The molecule has 0 spiro atoms. The van der Waals surface area contributed by atoms with Crippen molar-refractivity contribution >= 4 is 43.9 Å². The lowest BCUT2D eigenvalue weighted by atomic mass is 10.4. The van der Waals surface area contributed by atoms with Gasteiger partial charge in [-0.15, -0.1) is 0 Å². The van der Waals surface area contributed by atoms with Gasteiger partial charge in [-0.25, -0.2) is 9.97 Å². The van der Waals surface area contributed by atoms with Gasteiger partial charge in [0, 0.05) is 24.2 Å². The Balaban J connectivity index is 2.26. The maximum Gasteiger partial charge on any atom is 0.281 e. The number of nitrogens with zero attached hydrogens (tertiary/aromatic N) is 2. The van der Waals surface area contributed by atoms with Crippen LogP contribution in [0.5, 0.6) is 0 Å². The third-order valence-electron chi connectivity index (χ3n) is 2.26. The number of nitrogens with one attached hydrogen (secondary N) is 1. The van der Waals surface area contributed by atoms with E-state index in [9.17, 15) is 8.42 Å². The first kappa shape index (κ1) is 15.0. The second kappa shape index (κ2) is 5.92. The molecule has 0 bridgehead atoms. The summed E-state index contributed by atoms with van der Waals surface area (Å²) in [7, 11) is -3.87. The Hall–Kier alpha value is -1.42. The van der Waals surface area contributed by atoms with E-state index in [0.29, 0.717) is 11.3 Å². The van der Waals surface area contributed by atoms with Gasteiger partial charge in [0.2, 0.25) is 0 Å². The highest BCUT2D eigenvalue weighted by Crippen LogP contribution is 2.27. The van der Waals surface area contributed by atoms with Crippen LogP contribution in [0.4, 0.5) is 10.9 Å². The second-order valence-corrected chi connectivity index (χ2v) is 6.87. The predicted molar refractivity (Wildman–Crippen MR) is 77.4 cm³/mol. The van der Waals surface area contributed by atoms with E-state index in [1.54, 1.807) is 0 Å². The fraction of sp³-hybridized carbons (Fsp3) is 0.200. The van der Waals surface area contributed by atoms with E-state index in [2.05, 4.69) is 14.7 Å². The van der Waals surface area contributed by atoms with Gasteiger partial charge in [0.1, 0.15) is 5.82 Å². The minimum Gasteiger partial charge on any atom is -0.396 e. The quantitative estimate of drug-likeness (QED) is 0.753. The molecule has 0 amide bonds. The summed E-state index contributed by atoms with van der Waals surface area (Å²) < 4.78 is 26.4. The van der Waals surface area contributed by atoms with Crippen molar-refractivity contribution in [2.75, 3.05) is 17.1 Å². The SMILES string of the molecule is Nc1nc(NS(=O)(=O)c2cc(Cl)ccn2)sc1CCO. The van der Waals surface area contributed by atoms with Crippen molar-refractivity contribution in [3.8, 4) is 0 Å². The standard InChI is InChI=1S/C10H11ClN4O3S2/c11-6-1-3-13-8(5-6)20(17,18)15-10-14-9(12)7(19-10)2-4-16/h1,3,5,16H,2,4,12H2,(H,14,15). The van der Waals surface area contributed by atoms with E-state index in [1.807, 2.05) is 0 Å². The van der Waals surface area contributed by atoms with Gasteiger partial charge >= 0.3 is 0 Å². The summed E-state index contributed by atoms with van der Waals surface area (Å²) in [5.74, 6) is 0.195. The van der Waals surface area contributed by atoms with Gasteiger partial charge in [-0.3, -0.25) is 4.72 Å². The maximum atomic E-state index is 12.1. The smallest absolute Gasteiger partial charge is 0.281 e. The molecule has 2 heterocycles. The van der Waals surface area contributed by atoms with Crippen LogP contribution in [0.1, 0.15) is 4.88 Å². The monoisotopic (exact) mass is 334 g/mol. The molecule has 0 saturated heterocycles. The van der Waals surface area contributed by atoms with Crippen molar-refractivity contribution in [1.29, 1.82) is 0 Å². The van der Waals surface area contributed by atoms with Crippen LogP contribution in [-0.2, 0) is 16.4 Å². The molecule has 0 aliphatic heterocycles. The molecule has 2 aromatic rings. The molecular formula is C10H11ClN4O3S2. The van der Waals surface area contributed by atoms with Crippen LogP contribution >= 0.6 is 22.9 Å². The van der Waals surface area contributed by atoms with Crippen LogP contribution in [0.2, 0.25) is 5.02 Å². The Kier molecular flexibility index (Phi) is 4.43. The maximum absolute atomic E-state index is 12.1. The van der Waals surface area contributed by atoms with E-state index in [-0.39, 0.29) is 27.6 Å². The number of thiazole rings is 1. The van der Waals surface area contributed by atoms with Crippen molar-refractivity contribution in [2.45, 2.75) is 11.4 Å². The van der Waals surface area contributed by atoms with Gasteiger partial charge in [0.15, 0.2) is 10.2 Å². The summed E-state index contributed by atoms with van der Waals surface area (Å²) in [6, 6.07) is 2.71. The van der Waals surface area contributed by atoms with Crippen LogP contribution in [0.25, 0.3) is 0 Å². The molecular weight excluding hydrogens is 324 g/mol. The number of pyridine rings is 1. The van der Waals surface area contributed by atoms with Crippen LogP contribution in [0.3, 0.4) is 0 Å². The van der Waals surface area contributed by atoms with E-state index < -0.39 is 10.0 Å². The summed E-state index contributed by atoms with van der Waals surface area (Å²) in [4.78, 5) is 8.26. The highest BCUT2D eigenvalue weighted by molar-refractivity contribution is 7.92. The van der Waals surface area contributed by atoms with E-state index in [1.165, 1.54) is 18.3 Å². The van der Waals surface area contributed by atoms with E-state index in [0.717, 1.165) is 11.3 Å². The Morgan fingerprint density at radius 1 is 1.50 bits per heavy atom. The largest absolute Gasteiger partial charge is 0.396 e. The van der Waals surface area contributed by atoms with Gasteiger partial charge in [-0.1, -0.05) is 22.9 Å².